The summed E-state index contributed by atoms with van der Waals surface area (Å²) in [5.41, 5.74) is -1.32. The van der Waals surface area contributed by atoms with E-state index >= 15 is 0 Å². The van der Waals surface area contributed by atoms with Crippen molar-refractivity contribution in [3.8, 4) is 0 Å². The van der Waals surface area contributed by atoms with E-state index in [0.717, 1.165) is 12.3 Å². The zero-order chi connectivity index (χ0) is 13.8. The largest absolute Gasteiger partial charge is 0.480 e. The molecule has 0 spiro atoms. The Kier molecular flexibility index (Phi) is 4.36. The lowest BCUT2D eigenvalue weighted by Gasteiger charge is -2.27. The summed E-state index contributed by atoms with van der Waals surface area (Å²) in [6.45, 7) is 3.35. The van der Waals surface area contributed by atoms with Crippen LogP contribution in [0.3, 0.4) is 0 Å². The molecule has 0 aliphatic carbocycles. The van der Waals surface area contributed by atoms with Crippen molar-refractivity contribution in [2.75, 3.05) is 0 Å². The Morgan fingerprint density at radius 2 is 2.00 bits per heavy atom. The van der Waals surface area contributed by atoms with Crippen molar-refractivity contribution in [2.24, 2.45) is 0 Å². The molecule has 0 unspecified atom stereocenters. The van der Waals surface area contributed by atoms with E-state index in [4.69, 9.17) is 5.11 Å². The number of carboxylic acid groups (broad SMARTS) is 1. The molecular weight excluding hydrogens is 239 g/mol. The first-order valence-electron chi connectivity index (χ1n) is 5.62. The third-order valence-electron chi connectivity index (χ3n) is 2.93. The molecule has 2 N–H and O–H groups in total. The second-order valence-corrected chi connectivity index (χ2v) is 3.91. The molecular formula is C12H15FN2O3. The van der Waals surface area contributed by atoms with Gasteiger partial charge in [-0.1, -0.05) is 13.8 Å². The van der Waals surface area contributed by atoms with Crippen LogP contribution in [0.1, 0.15) is 37.2 Å². The fourth-order valence-electron chi connectivity index (χ4n) is 1.57. The van der Waals surface area contributed by atoms with Crippen LogP contribution in [0, 0.1) is 5.82 Å². The van der Waals surface area contributed by atoms with Crippen LogP contribution in [0.4, 0.5) is 4.39 Å². The number of halogens is 1. The predicted octanol–water partition coefficient (Wildman–Crippen LogP) is 1.59. The van der Waals surface area contributed by atoms with Crippen molar-refractivity contribution in [1.29, 1.82) is 0 Å². The molecule has 0 radical (unpaired) electrons. The predicted molar refractivity (Wildman–Crippen MR) is 62.6 cm³/mol. The van der Waals surface area contributed by atoms with Crippen molar-refractivity contribution in [3.63, 3.8) is 0 Å². The zero-order valence-electron chi connectivity index (χ0n) is 10.2. The normalized spacial score (nSPS) is 11.1. The number of carboxylic acids is 1. The molecule has 0 aliphatic rings. The Bertz CT molecular complexity index is 441. The average molecular weight is 254 g/mol. The van der Waals surface area contributed by atoms with Crippen LogP contribution >= 0.6 is 0 Å². The zero-order valence-corrected chi connectivity index (χ0v) is 10.2. The number of carbonyl (C=O) groups is 2. The molecule has 0 aromatic carbocycles. The molecule has 0 fully saturated rings. The maximum absolute atomic E-state index is 12.7. The number of nitrogens with one attached hydrogen (secondary N) is 1. The molecule has 1 aromatic rings. The van der Waals surface area contributed by atoms with E-state index in [2.05, 4.69) is 10.3 Å². The number of aliphatic carboxylic acids is 1. The summed E-state index contributed by atoms with van der Waals surface area (Å²) in [5.74, 6) is -2.27. The number of carbonyl (C=O) groups excluding carboxylic acids is 1. The molecule has 1 heterocycles. The summed E-state index contributed by atoms with van der Waals surface area (Å²) in [5, 5.41) is 11.6. The highest BCUT2D eigenvalue weighted by Gasteiger charge is 2.36. The minimum absolute atomic E-state index is 0.0103. The van der Waals surface area contributed by atoms with Crippen LogP contribution in [0.25, 0.3) is 0 Å². The number of rotatable bonds is 5. The van der Waals surface area contributed by atoms with Crippen molar-refractivity contribution in [2.45, 2.75) is 32.2 Å². The van der Waals surface area contributed by atoms with Gasteiger partial charge in [-0.25, -0.2) is 14.2 Å². The van der Waals surface area contributed by atoms with E-state index in [1.165, 1.54) is 6.07 Å². The van der Waals surface area contributed by atoms with E-state index in [0.29, 0.717) is 0 Å². The van der Waals surface area contributed by atoms with Crippen LogP contribution < -0.4 is 5.32 Å². The van der Waals surface area contributed by atoms with E-state index in [1.807, 2.05) is 0 Å². The summed E-state index contributed by atoms with van der Waals surface area (Å²) >= 11 is 0. The van der Waals surface area contributed by atoms with E-state index in [9.17, 15) is 14.0 Å². The molecule has 0 bridgehead atoms. The highest BCUT2D eigenvalue weighted by Crippen LogP contribution is 2.16. The Labute approximate surface area is 104 Å². The highest BCUT2D eigenvalue weighted by atomic mass is 19.1. The van der Waals surface area contributed by atoms with Gasteiger partial charge in [0, 0.05) is 0 Å². The Morgan fingerprint density at radius 1 is 1.39 bits per heavy atom. The van der Waals surface area contributed by atoms with Gasteiger partial charge in [0.25, 0.3) is 5.91 Å². The summed E-state index contributed by atoms with van der Waals surface area (Å²) in [6, 6.07) is 2.31. The minimum Gasteiger partial charge on any atom is -0.480 e. The van der Waals surface area contributed by atoms with Crippen molar-refractivity contribution >= 4 is 11.9 Å². The summed E-state index contributed by atoms with van der Waals surface area (Å²) < 4.78 is 12.7. The van der Waals surface area contributed by atoms with Gasteiger partial charge in [0.2, 0.25) is 0 Å². The number of hydrogen-bond acceptors (Lipinski definition) is 3. The Morgan fingerprint density at radius 3 is 2.39 bits per heavy atom. The summed E-state index contributed by atoms with van der Waals surface area (Å²) in [4.78, 5) is 26.7. The first-order valence-corrected chi connectivity index (χ1v) is 5.62. The Balaban J connectivity index is 2.91. The van der Waals surface area contributed by atoms with Crippen LogP contribution in [0.15, 0.2) is 18.3 Å². The summed E-state index contributed by atoms with van der Waals surface area (Å²) in [6.07, 6.45) is 1.42. The van der Waals surface area contributed by atoms with Gasteiger partial charge >= 0.3 is 5.97 Å². The van der Waals surface area contributed by atoms with Crippen molar-refractivity contribution in [1.82, 2.24) is 10.3 Å². The number of amides is 1. The summed E-state index contributed by atoms with van der Waals surface area (Å²) in [7, 11) is 0. The third kappa shape index (κ3) is 2.82. The second kappa shape index (κ2) is 5.57. The molecule has 0 saturated heterocycles. The topological polar surface area (TPSA) is 79.3 Å². The molecule has 1 rings (SSSR count). The van der Waals surface area contributed by atoms with Crippen LogP contribution in [-0.4, -0.2) is 27.5 Å². The van der Waals surface area contributed by atoms with Crippen LogP contribution in [0.5, 0.6) is 0 Å². The molecule has 18 heavy (non-hydrogen) atoms. The fourth-order valence-corrected chi connectivity index (χ4v) is 1.57. The van der Waals surface area contributed by atoms with E-state index in [-0.39, 0.29) is 18.5 Å². The third-order valence-corrected chi connectivity index (χ3v) is 2.93. The van der Waals surface area contributed by atoms with Gasteiger partial charge in [-0.3, -0.25) is 4.79 Å². The van der Waals surface area contributed by atoms with Crippen molar-refractivity contribution < 1.29 is 19.1 Å². The smallest absolute Gasteiger partial charge is 0.329 e. The lowest BCUT2D eigenvalue weighted by Crippen LogP contribution is -2.53. The maximum Gasteiger partial charge on any atom is 0.329 e. The SMILES string of the molecule is CCC(CC)(NC(=O)c1ccc(F)cn1)C(=O)O. The molecule has 0 atom stereocenters. The number of hydrogen-bond donors (Lipinski definition) is 2. The van der Waals surface area contributed by atoms with Crippen LogP contribution in [0.2, 0.25) is 0 Å². The molecule has 98 valence electrons. The number of aromatic nitrogens is 1. The molecule has 5 nitrogen and oxygen atoms in total. The maximum atomic E-state index is 12.7. The quantitative estimate of drug-likeness (QED) is 0.836. The van der Waals surface area contributed by atoms with Crippen LogP contribution in [-0.2, 0) is 4.79 Å². The first-order chi connectivity index (χ1) is 8.45. The standard InChI is InChI=1S/C12H15FN2O3/c1-3-12(4-2,11(17)18)15-10(16)9-6-5-8(13)7-14-9/h5-7H,3-4H2,1-2H3,(H,15,16)(H,17,18). The Hall–Kier alpha value is -1.98. The molecule has 1 amide bonds. The monoisotopic (exact) mass is 254 g/mol. The van der Waals surface area contributed by atoms with Gasteiger partial charge in [0.05, 0.1) is 6.20 Å². The van der Waals surface area contributed by atoms with Gasteiger partial charge < -0.3 is 10.4 Å². The number of nitrogens with zero attached hydrogens (tertiary/aromatic N) is 1. The molecule has 0 aliphatic heterocycles. The molecule has 6 heteroatoms. The van der Waals surface area contributed by atoms with Gasteiger partial charge in [-0.2, -0.15) is 0 Å². The van der Waals surface area contributed by atoms with Gasteiger partial charge in [-0.15, -0.1) is 0 Å². The van der Waals surface area contributed by atoms with E-state index < -0.39 is 23.2 Å². The van der Waals surface area contributed by atoms with Crippen molar-refractivity contribution in [3.05, 3.63) is 29.8 Å². The fraction of sp³-hybridized carbons (Fsp3) is 0.417. The first kappa shape index (κ1) is 14.1. The van der Waals surface area contributed by atoms with Gasteiger partial charge in [0.15, 0.2) is 0 Å². The highest BCUT2D eigenvalue weighted by molar-refractivity contribution is 5.96. The molecule has 1 aromatic heterocycles. The van der Waals surface area contributed by atoms with Gasteiger partial charge in [-0.05, 0) is 25.0 Å². The minimum atomic E-state index is -1.31. The number of pyridine rings is 1. The average Bonchev–Trinajstić information content (AvgIpc) is 2.36. The van der Waals surface area contributed by atoms with E-state index in [1.54, 1.807) is 13.8 Å². The second-order valence-electron chi connectivity index (χ2n) is 3.91. The van der Waals surface area contributed by atoms with Gasteiger partial charge in [0.1, 0.15) is 17.1 Å². The lowest BCUT2D eigenvalue weighted by atomic mass is 9.93. The molecule has 0 saturated carbocycles. The lowest BCUT2D eigenvalue weighted by molar-refractivity contribution is -0.144.